The number of rotatable bonds is 5. The number of aliphatic hydroxyl groups is 1. The monoisotopic (exact) mass is 365 g/mol. The first-order valence-electron chi connectivity index (χ1n) is 7.81. The van der Waals surface area contributed by atoms with Gasteiger partial charge >= 0.3 is 0 Å². The molecule has 1 aliphatic heterocycles. The molecule has 1 aliphatic rings. The molecule has 2 aromatic rings. The van der Waals surface area contributed by atoms with E-state index in [1.54, 1.807) is 18.2 Å². The van der Waals surface area contributed by atoms with E-state index in [0.717, 1.165) is 11.1 Å². The summed E-state index contributed by atoms with van der Waals surface area (Å²) in [6.45, 7) is 2.06. The van der Waals surface area contributed by atoms with Gasteiger partial charge in [0.25, 0.3) is 0 Å². The molecule has 0 saturated heterocycles. The van der Waals surface area contributed by atoms with Gasteiger partial charge in [-0.2, -0.15) is 0 Å². The molecule has 1 heterocycles. The third kappa shape index (κ3) is 3.16. The number of nitrogens with zero attached hydrogens (tertiary/aromatic N) is 1. The van der Waals surface area contributed by atoms with E-state index in [9.17, 15) is 13.5 Å². The van der Waals surface area contributed by atoms with Crippen LogP contribution in [0.1, 0.15) is 18.1 Å². The first kappa shape index (κ1) is 17.3. The fourth-order valence-corrected chi connectivity index (χ4v) is 4.99. The number of para-hydroxylation sites is 1. The second-order valence-electron chi connectivity index (χ2n) is 6.44. The smallest absolute Gasteiger partial charge is 0.235 e. The van der Waals surface area contributed by atoms with Gasteiger partial charge in [0.2, 0.25) is 10.0 Å². The molecule has 4 nitrogen and oxygen atoms in total. The van der Waals surface area contributed by atoms with Crippen LogP contribution in [0.15, 0.2) is 48.5 Å². The van der Waals surface area contributed by atoms with Crippen LogP contribution >= 0.6 is 11.6 Å². The molecule has 0 amide bonds. The van der Waals surface area contributed by atoms with E-state index in [0.29, 0.717) is 17.1 Å². The Morgan fingerprint density at radius 2 is 1.96 bits per heavy atom. The van der Waals surface area contributed by atoms with E-state index in [4.69, 9.17) is 11.6 Å². The quantitative estimate of drug-likeness (QED) is 0.886. The Balaban J connectivity index is 1.85. The Labute approximate surface area is 147 Å². The van der Waals surface area contributed by atoms with Crippen molar-refractivity contribution in [1.29, 1.82) is 0 Å². The normalized spacial score (nSPS) is 20.2. The standard InChI is InChI=1S/C18H20ClNO3S/c1-18(13-21)12-20(17-8-3-2-7-16(17)18)24(22,23)10-9-14-5-4-6-15(19)11-14/h2-8,11,21H,9-10,12-13H2,1H3. The topological polar surface area (TPSA) is 57.6 Å². The molecule has 0 aromatic heterocycles. The van der Waals surface area contributed by atoms with Gasteiger partial charge in [0.15, 0.2) is 0 Å². The molecule has 1 unspecified atom stereocenters. The molecule has 2 aromatic carbocycles. The van der Waals surface area contributed by atoms with Crippen molar-refractivity contribution in [2.45, 2.75) is 18.8 Å². The molecular weight excluding hydrogens is 346 g/mol. The van der Waals surface area contributed by atoms with Crippen LogP contribution in [0.4, 0.5) is 5.69 Å². The minimum Gasteiger partial charge on any atom is -0.395 e. The molecule has 0 radical (unpaired) electrons. The Bertz CT molecular complexity index is 853. The molecule has 0 aliphatic carbocycles. The van der Waals surface area contributed by atoms with Gasteiger partial charge in [-0.3, -0.25) is 4.31 Å². The number of aliphatic hydroxyl groups excluding tert-OH is 1. The first-order valence-corrected chi connectivity index (χ1v) is 9.80. The summed E-state index contributed by atoms with van der Waals surface area (Å²) >= 11 is 5.96. The zero-order valence-corrected chi connectivity index (χ0v) is 15.0. The SMILES string of the molecule is CC1(CO)CN(S(=O)(=O)CCc2cccc(Cl)c2)c2ccccc21. The summed E-state index contributed by atoms with van der Waals surface area (Å²) in [7, 11) is -3.49. The molecular formula is C18H20ClNO3S. The largest absolute Gasteiger partial charge is 0.395 e. The fourth-order valence-electron chi connectivity index (χ4n) is 3.12. The van der Waals surface area contributed by atoms with Crippen molar-refractivity contribution in [2.75, 3.05) is 23.2 Å². The lowest BCUT2D eigenvalue weighted by atomic mass is 9.86. The van der Waals surface area contributed by atoms with Gasteiger partial charge in [-0.25, -0.2) is 8.42 Å². The molecule has 24 heavy (non-hydrogen) atoms. The van der Waals surface area contributed by atoms with Crippen molar-refractivity contribution in [3.63, 3.8) is 0 Å². The summed E-state index contributed by atoms with van der Waals surface area (Å²) in [5, 5.41) is 10.4. The van der Waals surface area contributed by atoms with Gasteiger partial charge in [0, 0.05) is 17.0 Å². The minimum absolute atomic E-state index is 0.00316. The highest BCUT2D eigenvalue weighted by molar-refractivity contribution is 7.92. The Kier molecular flexibility index (Phi) is 4.60. The molecule has 3 rings (SSSR count). The number of sulfonamides is 1. The number of benzene rings is 2. The lowest BCUT2D eigenvalue weighted by Crippen LogP contribution is -2.38. The molecule has 128 valence electrons. The number of hydrogen-bond donors (Lipinski definition) is 1. The Morgan fingerprint density at radius 3 is 2.67 bits per heavy atom. The molecule has 1 atom stereocenters. The van der Waals surface area contributed by atoms with Crippen LogP contribution in [-0.4, -0.2) is 32.4 Å². The third-order valence-electron chi connectivity index (χ3n) is 4.54. The maximum absolute atomic E-state index is 12.9. The molecule has 1 N–H and O–H groups in total. The molecule has 0 saturated carbocycles. The maximum atomic E-state index is 12.9. The van der Waals surface area contributed by atoms with Crippen molar-refractivity contribution >= 4 is 27.3 Å². The molecule has 0 bridgehead atoms. The van der Waals surface area contributed by atoms with Gasteiger partial charge in [-0.1, -0.05) is 48.9 Å². The highest BCUT2D eigenvalue weighted by atomic mass is 35.5. The van der Waals surface area contributed by atoms with Gasteiger partial charge in [-0.05, 0) is 35.7 Å². The van der Waals surface area contributed by atoms with Crippen LogP contribution in [0.3, 0.4) is 0 Å². The van der Waals surface area contributed by atoms with Crippen LogP contribution < -0.4 is 4.31 Å². The van der Waals surface area contributed by atoms with E-state index in [1.807, 2.05) is 37.3 Å². The summed E-state index contributed by atoms with van der Waals surface area (Å²) in [5.74, 6) is 0.00316. The number of anilines is 1. The minimum atomic E-state index is -3.49. The van der Waals surface area contributed by atoms with E-state index in [1.165, 1.54) is 4.31 Å². The van der Waals surface area contributed by atoms with Gasteiger partial charge < -0.3 is 5.11 Å². The molecule has 0 fully saturated rings. The van der Waals surface area contributed by atoms with Crippen molar-refractivity contribution in [3.05, 3.63) is 64.7 Å². The average Bonchev–Trinajstić information content (AvgIpc) is 2.89. The van der Waals surface area contributed by atoms with E-state index in [-0.39, 0.29) is 18.9 Å². The first-order chi connectivity index (χ1) is 11.4. The third-order valence-corrected chi connectivity index (χ3v) is 6.49. The lowest BCUT2D eigenvalue weighted by molar-refractivity contribution is 0.217. The van der Waals surface area contributed by atoms with Crippen LogP contribution in [-0.2, 0) is 21.9 Å². The number of halogens is 1. The summed E-state index contributed by atoms with van der Waals surface area (Å²) in [5.41, 5.74) is 1.86. The Morgan fingerprint density at radius 1 is 1.21 bits per heavy atom. The molecule has 6 heteroatoms. The van der Waals surface area contributed by atoms with Gasteiger partial charge in [-0.15, -0.1) is 0 Å². The maximum Gasteiger partial charge on any atom is 0.235 e. The number of aryl methyl sites for hydroxylation is 1. The lowest BCUT2D eigenvalue weighted by Gasteiger charge is -2.24. The van der Waals surface area contributed by atoms with E-state index in [2.05, 4.69) is 0 Å². The van der Waals surface area contributed by atoms with Crippen LogP contribution in [0.5, 0.6) is 0 Å². The van der Waals surface area contributed by atoms with Crippen molar-refractivity contribution in [3.8, 4) is 0 Å². The second-order valence-corrected chi connectivity index (χ2v) is 8.89. The Hall–Kier alpha value is -1.56. The van der Waals surface area contributed by atoms with Crippen LogP contribution in [0.2, 0.25) is 5.02 Å². The summed E-state index contributed by atoms with van der Waals surface area (Å²) in [6.07, 6.45) is 0.400. The summed E-state index contributed by atoms with van der Waals surface area (Å²) in [6, 6.07) is 14.6. The van der Waals surface area contributed by atoms with E-state index >= 15 is 0 Å². The van der Waals surface area contributed by atoms with Crippen molar-refractivity contribution < 1.29 is 13.5 Å². The predicted molar refractivity (Wildman–Crippen MR) is 97.2 cm³/mol. The van der Waals surface area contributed by atoms with E-state index < -0.39 is 15.4 Å². The summed E-state index contributed by atoms with van der Waals surface area (Å²) in [4.78, 5) is 0. The van der Waals surface area contributed by atoms with Crippen molar-refractivity contribution in [2.24, 2.45) is 0 Å². The van der Waals surface area contributed by atoms with Crippen LogP contribution in [0, 0.1) is 0 Å². The highest BCUT2D eigenvalue weighted by Crippen LogP contribution is 2.41. The zero-order chi connectivity index (χ0) is 17.4. The highest BCUT2D eigenvalue weighted by Gasteiger charge is 2.42. The van der Waals surface area contributed by atoms with Gasteiger partial charge in [0.05, 0.1) is 18.0 Å². The van der Waals surface area contributed by atoms with Gasteiger partial charge in [0.1, 0.15) is 0 Å². The zero-order valence-electron chi connectivity index (χ0n) is 13.4. The fraction of sp³-hybridized carbons (Fsp3) is 0.333. The average molecular weight is 366 g/mol. The van der Waals surface area contributed by atoms with Crippen molar-refractivity contribution in [1.82, 2.24) is 0 Å². The molecule has 0 spiro atoms. The number of fused-ring (bicyclic) bond motifs is 1. The van der Waals surface area contributed by atoms with Crippen LogP contribution in [0.25, 0.3) is 0 Å². The predicted octanol–water partition coefficient (Wildman–Crippen LogP) is 2.98. The summed E-state index contributed by atoms with van der Waals surface area (Å²) < 4.78 is 27.2. The second kappa shape index (κ2) is 6.39. The number of hydrogen-bond acceptors (Lipinski definition) is 3.